The molecule has 0 aliphatic rings. The zero-order valence-electron chi connectivity index (χ0n) is 40.2. The molecule has 3 unspecified atom stereocenters. The predicted octanol–water partition coefficient (Wildman–Crippen LogP) is -0.815. The first-order valence-corrected chi connectivity index (χ1v) is 22.8. The standard InChI is InChI=1S/C46H71N13O9/c1-9-25(4)30(41(64)59-38(39(49)62)46(6,7)8)22-53-43(66)34(19-28-21-50-23-54-28)56-36(61)16-17-51-45(68)37(24(2)3)58-40(63)26(5)55-44(67)33(57-42(65)31(47)14-15-35(48)60)18-27-20-52-32-13-11-10-12-29(27)32/h10-13,20-21,23-26,30-31,33-34,37-38,52H,9,14-19,22,47H2,1-8H3,(H2,48,60)(H2,49,62)(H,50,54)(H,51,68)(H,53,66)(H,55,67)(H,56,61)(H,57,65)(H,58,63)(H,59,64)/t25?,26-,30?,31-,33-,34-,37-,38?/m0/s1. The highest BCUT2D eigenvalue weighted by molar-refractivity contribution is 5.96. The highest BCUT2D eigenvalue weighted by Crippen LogP contribution is 2.22. The van der Waals surface area contributed by atoms with Gasteiger partial charge in [-0.2, -0.15) is 0 Å². The Morgan fingerprint density at radius 3 is 2.01 bits per heavy atom. The number of amides is 9. The average molecular weight is 950 g/mol. The number of nitrogens with two attached hydrogens (primary N) is 3. The van der Waals surface area contributed by atoms with E-state index < -0.39 is 107 Å². The van der Waals surface area contributed by atoms with E-state index in [1.54, 1.807) is 40.8 Å². The second kappa shape index (κ2) is 25.9. The van der Waals surface area contributed by atoms with Crippen LogP contribution in [0.25, 0.3) is 10.9 Å². The van der Waals surface area contributed by atoms with Crippen LogP contribution in [0.2, 0.25) is 0 Å². The number of hydrogen-bond acceptors (Lipinski definition) is 11. The van der Waals surface area contributed by atoms with Gasteiger partial charge >= 0.3 is 0 Å². The zero-order valence-corrected chi connectivity index (χ0v) is 40.2. The van der Waals surface area contributed by atoms with Gasteiger partial charge in [0.05, 0.1) is 18.3 Å². The molecule has 0 aliphatic carbocycles. The Balaban J connectivity index is 1.63. The predicted molar refractivity (Wildman–Crippen MR) is 253 cm³/mol. The summed E-state index contributed by atoms with van der Waals surface area (Å²) in [7, 11) is 0. The van der Waals surface area contributed by atoms with E-state index in [1.807, 2.05) is 38.1 Å². The molecule has 0 aliphatic heterocycles. The van der Waals surface area contributed by atoms with Crippen molar-refractivity contribution in [3.63, 3.8) is 0 Å². The van der Waals surface area contributed by atoms with E-state index in [0.29, 0.717) is 17.7 Å². The third kappa shape index (κ3) is 17.1. The first-order valence-electron chi connectivity index (χ1n) is 22.8. The summed E-state index contributed by atoms with van der Waals surface area (Å²) in [6.07, 6.45) is 4.83. The van der Waals surface area contributed by atoms with Crippen LogP contribution < -0.4 is 54.4 Å². The summed E-state index contributed by atoms with van der Waals surface area (Å²) in [6.45, 7) is 13.6. The monoisotopic (exact) mass is 950 g/mol. The topological polar surface area (TPSA) is 360 Å². The molecule has 2 heterocycles. The van der Waals surface area contributed by atoms with Crippen molar-refractivity contribution >= 4 is 64.1 Å². The lowest BCUT2D eigenvalue weighted by atomic mass is 9.84. The summed E-state index contributed by atoms with van der Waals surface area (Å²) in [5, 5.41) is 19.6. The maximum Gasteiger partial charge on any atom is 0.243 e. The second-order valence-electron chi connectivity index (χ2n) is 18.6. The Bertz CT molecular complexity index is 2220. The molecule has 9 amide bonds. The number of H-pyrrole nitrogens is 2. The SMILES string of the molecule is CCC(C)C(CNC(=O)[C@H](Cc1cnc[nH]1)NC(=O)CCNC(=O)[C@@H](NC(=O)[C@H](C)NC(=O)[C@H](Cc1c[nH]c2ccccc12)NC(=O)[C@@H](N)CCC(N)=O)C(C)C)C(=O)NC(C(N)=O)C(C)(C)C. The minimum atomic E-state index is -1.19. The molecule has 22 nitrogen and oxygen atoms in total. The third-order valence-corrected chi connectivity index (χ3v) is 11.7. The van der Waals surface area contributed by atoms with Gasteiger partial charge in [0.2, 0.25) is 53.2 Å². The van der Waals surface area contributed by atoms with Crippen molar-refractivity contribution in [2.75, 3.05) is 13.1 Å². The van der Waals surface area contributed by atoms with E-state index in [4.69, 9.17) is 17.2 Å². The summed E-state index contributed by atoms with van der Waals surface area (Å²) in [6, 6.07) is 0.697. The maximum atomic E-state index is 13.7. The Kier molecular flexibility index (Phi) is 21.1. The quantitative estimate of drug-likeness (QED) is 0.0448. The molecule has 8 atom stereocenters. The van der Waals surface area contributed by atoms with Crippen LogP contribution in [0, 0.1) is 23.2 Å². The van der Waals surface area contributed by atoms with Crippen molar-refractivity contribution in [1.82, 2.24) is 52.2 Å². The number of carbonyl (C=O) groups excluding carboxylic acids is 9. The molecule has 3 aromatic rings. The van der Waals surface area contributed by atoms with Crippen LogP contribution in [0.4, 0.5) is 0 Å². The Labute approximate surface area is 396 Å². The number of rotatable bonds is 27. The highest BCUT2D eigenvalue weighted by Gasteiger charge is 2.36. The lowest BCUT2D eigenvalue weighted by molar-refractivity contribution is -0.134. The van der Waals surface area contributed by atoms with Gasteiger partial charge in [0.1, 0.15) is 30.2 Å². The van der Waals surface area contributed by atoms with Gasteiger partial charge in [-0.1, -0.05) is 73.1 Å². The number of carbonyl (C=O) groups is 9. The minimum absolute atomic E-state index is 0.0208. The van der Waals surface area contributed by atoms with E-state index in [9.17, 15) is 43.2 Å². The number of nitrogens with one attached hydrogen (secondary N) is 9. The van der Waals surface area contributed by atoms with Crippen LogP contribution in [0.5, 0.6) is 0 Å². The molecule has 15 N–H and O–H groups in total. The number of fused-ring (bicyclic) bond motifs is 1. The normalized spacial score (nSPS) is 15.0. The number of imidazole rings is 1. The molecule has 3 rings (SSSR count). The molecule has 0 radical (unpaired) electrons. The van der Waals surface area contributed by atoms with E-state index in [0.717, 1.165) is 10.9 Å². The molecule has 0 bridgehead atoms. The van der Waals surface area contributed by atoms with Gasteiger partial charge in [-0.15, -0.1) is 0 Å². The van der Waals surface area contributed by atoms with Crippen molar-refractivity contribution in [3.8, 4) is 0 Å². The summed E-state index contributed by atoms with van der Waals surface area (Å²) in [4.78, 5) is 128. The van der Waals surface area contributed by atoms with Gasteiger partial charge in [-0.3, -0.25) is 43.2 Å². The second-order valence-corrected chi connectivity index (χ2v) is 18.6. The molecule has 68 heavy (non-hydrogen) atoms. The Hall–Kier alpha value is -6.84. The van der Waals surface area contributed by atoms with E-state index in [-0.39, 0.29) is 51.1 Å². The number of hydrogen-bond donors (Lipinski definition) is 12. The van der Waals surface area contributed by atoms with Crippen molar-refractivity contribution in [2.24, 2.45) is 40.4 Å². The van der Waals surface area contributed by atoms with Gasteiger partial charge in [-0.25, -0.2) is 4.98 Å². The minimum Gasteiger partial charge on any atom is -0.370 e. The van der Waals surface area contributed by atoms with Crippen molar-refractivity contribution in [3.05, 3.63) is 54.2 Å². The molecule has 0 saturated carbocycles. The van der Waals surface area contributed by atoms with Crippen molar-refractivity contribution in [1.29, 1.82) is 0 Å². The van der Waals surface area contributed by atoms with Gasteiger partial charge < -0.3 is 64.4 Å². The van der Waals surface area contributed by atoms with Crippen LogP contribution in [0.3, 0.4) is 0 Å². The Morgan fingerprint density at radius 2 is 1.41 bits per heavy atom. The lowest BCUT2D eigenvalue weighted by Gasteiger charge is -2.32. The van der Waals surface area contributed by atoms with Crippen LogP contribution in [-0.2, 0) is 56.0 Å². The van der Waals surface area contributed by atoms with Gasteiger partial charge in [-0.05, 0) is 42.2 Å². The van der Waals surface area contributed by atoms with Crippen LogP contribution in [0.15, 0.2) is 43.0 Å². The Morgan fingerprint density at radius 1 is 0.735 bits per heavy atom. The largest absolute Gasteiger partial charge is 0.370 e. The fourth-order valence-corrected chi connectivity index (χ4v) is 7.27. The summed E-state index contributed by atoms with van der Waals surface area (Å²) < 4.78 is 0. The smallest absolute Gasteiger partial charge is 0.243 e. The van der Waals surface area contributed by atoms with Gasteiger partial charge in [0.25, 0.3) is 0 Å². The number of aromatic amines is 2. The fraction of sp³-hybridized carbons (Fsp3) is 0.565. The number of aromatic nitrogens is 3. The van der Waals surface area contributed by atoms with Crippen LogP contribution in [-0.4, -0.2) is 117 Å². The molecular formula is C46H71N13O9. The first kappa shape index (κ1) is 55.5. The number of benzene rings is 1. The molecule has 2 aromatic heterocycles. The van der Waals surface area contributed by atoms with Gasteiger partial charge in [0, 0.05) is 67.8 Å². The summed E-state index contributed by atoms with van der Waals surface area (Å²) in [5.41, 5.74) is 18.2. The third-order valence-electron chi connectivity index (χ3n) is 11.7. The van der Waals surface area contributed by atoms with Gasteiger partial charge in [0.15, 0.2) is 0 Å². The van der Waals surface area contributed by atoms with Crippen molar-refractivity contribution < 1.29 is 43.2 Å². The molecule has 374 valence electrons. The number of primary amides is 2. The van der Waals surface area contributed by atoms with Crippen molar-refractivity contribution in [2.45, 2.75) is 130 Å². The summed E-state index contributed by atoms with van der Waals surface area (Å²) >= 11 is 0. The highest BCUT2D eigenvalue weighted by atomic mass is 16.2. The zero-order chi connectivity index (χ0) is 50.9. The molecule has 0 spiro atoms. The molecule has 0 fully saturated rings. The van der Waals surface area contributed by atoms with Crippen LogP contribution in [0.1, 0.15) is 92.3 Å². The first-order chi connectivity index (χ1) is 31.9. The van der Waals surface area contributed by atoms with E-state index in [2.05, 4.69) is 52.2 Å². The molecule has 0 saturated heterocycles. The maximum absolute atomic E-state index is 13.7. The fourth-order valence-electron chi connectivity index (χ4n) is 7.27. The molecule has 1 aromatic carbocycles. The summed E-state index contributed by atoms with van der Waals surface area (Å²) in [5.74, 6) is -7.04. The van der Waals surface area contributed by atoms with Crippen LogP contribution >= 0.6 is 0 Å². The molecular weight excluding hydrogens is 879 g/mol. The number of nitrogens with zero attached hydrogens (tertiary/aromatic N) is 1. The average Bonchev–Trinajstić information content (AvgIpc) is 3.95. The molecule has 22 heteroatoms. The lowest BCUT2D eigenvalue weighted by Crippen LogP contribution is -2.58. The number of para-hydroxylation sites is 1. The van der Waals surface area contributed by atoms with E-state index >= 15 is 0 Å². The van der Waals surface area contributed by atoms with E-state index in [1.165, 1.54) is 19.4 Å².